The van der Waals surface area contributed by atoms with E-state index in [1.165, 1.54) is 5.56 Å². The van der Waals surface area contributed by atoms with E-state index in [0.717, 1.165) is 37.4 Å². The third-order valence-electron chi connectivity index (χ3n) is 6.78. The van der Waals surface area contributed by atoms with Crippen molar-refractivity contribution < 1.29 is 9.32 Å². The molecular formula is C21H25ClN4O2S. The van der Waals surface area contributed by atoms with Gasteiger partial charge in [0, 0.05) is 24.4 Å². The van der Waals surface area contributed by atoms with E-state index < -0.39 is 10.8 Å². The molecule has 8 heteroatoms. The lowest BCUT2D eigenvalue weighted by Crippen LogP contribution is -2.48. The van der Waals surface area contributed by atoms with E-state index in [0.29, 0.717) is 34.4 Å². The van der Waals surface area contributed by atoms with Gasteiger partial charge in [0.15, 0.2) is 0 Å². The Kier molecular flexibility index (Phi) is 4.80. The van der Waals surface area contributed by atoms with Crippen LogP contribution in [0.3, 0.4) is 0 Å². The lowest BCUT2D eigenvalue weighted by atomic mass is 9.77. The second kappa shape index (κ2) is 7.22. The summed E-state index contributed by atoms with van der Waals surface area (Å²) in [7, 11) is -1.19. The zero-order valence-corrected chi connectivity index (χ0v) is 17.9. The largest absolute Gasteiger partial charge is 0.394 e. The second-order valence-corrected chi connectivity index (χ2v) is 10.3. The van der Waals surface area contributed by atoms with Gasteiger partial charge in [0.2, 0.25) is 5.95 Å². The van der Waals surface area contributed by atoms with E-state index in [4.69, 9.17) is 16.6 Å². The van der Waals surface area contributed by atoms with Crippen LogP contribution in [-0.4, -0.2) is 50.8 Å². The number of nitrogens with one attached hydrogen (secondary N) is 1. The summed E-state index contributed by atoms with van der Waals surface area (Å²) in [6, 6.07) is 8.19. The fourth-order valence-electron chi connectivity index (χ4n) is 4.86. The molecule has 1 aromatic carbocycles. The van der Waals surface area contributed by atoms with Gasteiger partial charge in [-0.25, -0.2) is 4.98 Å². The van der Waals surface area contributed by atoms with Crippen LogP contribution in [0, 0.1) is 11.8 Å². The molecule has 2 saturated carbocycles. The molecular weight excluding hydrogens is 408 g/mol. The molecule has 5 rings (SSSR count). The van der Waals surface area contributed by atoms with Gasteiger partial charge in [-0.3, -0.25) is 4.21 Å². The van der Waals surface area contributed by atoms with Gasteiger partial charge in [0.1, 0.15) is 5.82 Å². The number of hydrogen-bond acceptors (Lipinski definition) is 6. The molecule has 2 unspecified atom stereocenters. The quantitative estimate of drug-likeness (QED) is 0.730. The number of piperidine rings is 1. The molecule has 0 bridgehead atoms. The highest BCUT2D eigenvalue weighted by Crippen LogP contribution is 2.58. The number of aliphatic hydroxyl groups excluding tert-OH is 1. The van der Waals surface area contributed by atoms with Gasteiger partial charge in [0.05, 0.1) is 34.0 Å². The summed E-state index contributed by atoms with van der Waals surface area (Å²) in [5, 5.41) is 14.0. The van der Waals surface area contributed by atoms with Crippen LogP contribution in [0.1, 0.15) is 30.7 Å². The lowest BCUT2D eigenvalue weighted by Gasteiger charge is -2.41. The van der Waals surface area contributed by atoms with Crippen LogP contribution in [0.25, 0.3) is 0 Å². The normalized spacial score (nSPS) is 27.8. The molecule has 1 aliphatic heterocycles. The van der Waals surface area contributed by atoms with Gasteiger partial charge in [-0.15, -0.1) is 0 Å². The topological polar surface area (TPSA) is 78.4 Å². The zero-order chi connectivity index (χ0) is 20.2. The van der Waals surface area contributed by atoms with Crippen molar-refractivity contribution in [2.45, 2.75) is 35.6 Å². The van der Waals surface area contributed by atoms with Gasteiger partial charge in [-0.1, -0.05) is 23.7 Å². The average molecular weight is 433 g/mol. The van der Waals surface area contributed by atoms with Gasteiger partial charge in [-0.05, 0) is 54.7 Å². The Balaban J connectivity index is 1.33. The SMILES string of the molecule is C[S@](=O)c1cnc(N2CC3C(C2)C3c2ccc(Cl)cc2)nc1NC1(CO)CCC1. The van der Waals surface area contributed by atoms with Crippen molar-refractivity contribution in [3.63, 3.8) is 0 Å². The summed E-state index contributed by atoms with van der Waals surface area (Å²) in [4.78, 5) is 12.1. The Labute approximate surface area is 178 Å². The van der Waals surface area contributed by atoms with E-state index in [2.05, 4.69) is 27.3 Å². The van der Waals surface area contributed by atoms with Crippen LogP contribution in [0.15, 0.2) is 35.4 Å². The van der Waals surface area contributed by atoms with Gasteiger partial charge in [0.25, 0.3) is 0 Å². The predicted octanol–water partition coefficient (Wildman–Crippen LogP) is 3.04. The summed E-state index contributed by atoms with van der Waals surface area (Å²) in [5.41, 5.74) is 1.02. The van der Waals surface area contributed by atoms with Crippen LogP contribution >= 0.6 is 11.6 Å². The molecule has 3 aliphatic rings. The Morgan fingerprint density at radius 3 is 2.52 bits per heavy atom. The Morgan fingerprint density at radius 1 is 1.28 bits per heavy atom. The number of halogens is 1. The molecule has 3 atom stereocenters. The van der Waals surface area contributed by atoms with Crippen molar-refractivity contribution in [2.75, 3.05) is 36.2 Å². The monoisotopic (exact) mass is 432 g/mol. The minimum absolute atomic E-state index is 0.0543. The lowest BCUT2D eigenvalue weighted by molar-refractivity contribution is 0.143. The fraction of sp³-hybridized carbons (Fsp3) is 0.524. The van der Waals surface area contributed by atoms with Crippen LogP contribution in [-0.2, 0) is 10.8 Å². The van der Waals surface area contributed by atoms with Crippen LogP contribution in [0.4, 0.5) is 11.8 Å². The fourth-order valence-corrected chi connectivity index (χ4v) is 5.56. The number of fused-ring (bicyclic) bond motifs is 1. The summed E-state index contributed by atoms with van der Waals surface area (Å²) in [6.45, 7) is 1.91. The molecule has 0 amide bonds. The summed E-state index contributed by atoms with van der Waals surface area (Å²) >= 11 is 6.01. The van der Waals surface area contributed by atoms with Crippen LogP contribution in [0.5, 0.6) is 0 Å². The molecule has 2 N–H and O–H groups in total. The van der Waals surface area contributed by atoms with Gasteiger partial charge >= 0.3 is 0 Å². The number of rotatable bonds is 6. The number of nitrogens with zero attached hydrogens (tertiary/aromatic N) is 3. The Bertz CT molecular complexity index is 933. The maximum atomic E-state index is 12.2. The van der Waals surface area contributed by atoms with Crippen molar-refractivity contribution in [3.05, 3.63) is 41.0 Å². The number of benzene rings is 1. The highest BCUT2D eigenvalue weighted by molar-refractivity contribution is 7.84. The van der Waals surface area contributed by atoms with E-state index in [1.54, 1.807) is 12.5 Å². The highest BCUT2D eigenvalue weighted by Gasteiger charge is 2.56. The van der Waals surface area contributed by atoms with E-state index in [1.807, 2.05) is 12.1 Å². The van der Waals surface area contributed by atoms with Crippen molar-refractivity contribution in [3.8, 4) is 0 Å². The first kappa shape index (κ1) is 19.3. The van der Waals surface area contributed by atoms with E-state index in [-0.39, 0.29) is 12.1 Å². The molecule has 154 valence electrons. The standard InChI is InChI=1S/C21H25ClN4O2S/c1-29(28)17-9-23-20(24-19(17)25-21(12-27)7-2-8-21)26-10-15-16(11-26)18(15)13-3-5-14(22)6-4-13/h3-6,9,15-16,18,27H,2,7-8,10-12H2,1H3,(H,23,24,25)/t15?,16?,18?,29-/m0/s1. The van der Waals surface area contributed by atoms with Crippen molar-refractivity contribution in [2.24, 2.45) is 11.8 Å². The third kappa shape index (κ3) is 3.43. The van der Waals surface area contributed by atoms with E-state index in [9.17, 15) is 9.32 Å². The predicted molar refractivity (Wildman–Crippen MR) is 115 cm³/mol. The molecule has 1 saturated heterocycles. The first-order valence-corrected chi connectivity index (χ1v) is 12.0. The summed E-state index contributed by atoms with van der Waals surface area (Å²) in [5.74, 6) is 3.10. The Hall–Kier alpha value is -1.70. The molecule has 2 aromatic rings. The first-order valence-electron chi connectivity index (χ1n) is 10.1. The molecule has 3 fully saturated rings. The molecule has 1 aromatic heterocycles. The van der Waals surface area contributed by atoms with Gasteiger partial charge < -0.3 is 15.3 Å². The molecule has 0 radical (unpaired) electrons. The van der Waals surface area contributed by atoms with Crippen LogP contribution < -0.4 is 10.2 Å². The maximum Gasteiger partial charge on any atom is 0.227 e. The number of anilines is 2. The van der Waals surface area contributed by atoms with Crippen molar-refractivity contribution >= 4 is 34.2 Å². The zero-order valence-electron chi connectivity index (χ0n) is 16.3. The minimum Gasteiger partial charge on any atom is -0.394 e. The van der Waals surface area contributed by atoms with E-state index >= 15 is 0 Å². The Morgan fingerprint density at radius 2 is 1.97 bits per heavy atom. The van der Waals surface area contributed by atoms with Crippen molar-refractivity contribution in [1.82, 2.24) is 9.97 Å². The smallest absolute Gasteiger partial charge is 0.227 e. The van der Waals surface area contributed by atoms with Gasteiger partial charge in [-0.2, -0.15) is 4.98 Å². The van der Waals surface area contributed by atoms with Crippen molar-refractivity contribution in [1.29, 1.82) is 0 Å². The maximum absolute atomic E-state index is 12.2. The summed E-state index contributed by atoms with van der Waals surface area (Å²) in [6.07, 6.45) is 6.19. The molecule has 2 heterocycles. The minimum atomic E-state index is -1.19. The molecule has 0 spiro atoms. The average Bonchev–Trinajstić information content (AvgIpc) is 3.17. The first-order chi connectivity index (χ1) is 14.0. The van der Waals surface area contributed by atoms with Crippen LogP contribution in [0.2, 0.25) is 5.02 Å². The molecule has 29 heavy (non-hydrogen) atoms. The number of aromatic nitrogens is 2. The highest BCUT2D eigenvalue weighted by atomic mass is 35.5. The molecule has 6 nitrogen and oxygen atoms in total. The molecule has 2 aliphatic carbocycles. The number of aliphatic hydroxyl groups is 1. The second-order valence-electron chi connectivity index (χ2n) is 8.56. The number of hydrogen-bond donors (Lipinski definition) is 2. The summed E-state index contributed by atoms with van der Waals surface area (Å²) < 4.78 is 12.2. The third-order valence-corrected chi connectivity index (χ3v) is 7.95.